The van der Waals surface area contributed by atoms with E-state index in [9.17, 15) is 18.3 Å². The molecule has 5 rings (SSSR count). The first-order valence-corrected chi connectivity index (χ1v) is 18.1. The SMILES string of the molecule is CC1=C[C@H]2C(=O)O[C@H]3C[C@@H](C/C=C(\C)C[C@@H](C)/C=C/C=C4\CO[C@H]([C@@H]1NS(C)(=O)=O)[C@@]42O)O[C@@]1(CC[C@H](C)[C@@H](C(C)C)O1)C3. The highest BCUT2D eigenvalue weighted by atomic mass is 32.2. The maximum atomic E-state index is 14.1. The average molecular weight is 634 g/mol. The van der Waals surface area contributed by atoms with Gasteiger partial charge in [-0.15, -0.1) is 0 Å². The topological polar surface area (TPSA) is 120 Å². The molecule has 9 nitrogen and oxygen atoms in total. The van der Waals surface area contributed by atoms with E-state index in [4.69, 9.17) is 18.9 Å². The van der Waals surface area contributed by atoms with Crippen LogP contribution in [0.1, 0.15) is 80.1 Å². The van der Waals surface area contributed by atoms with Gasteiger partial charge in [0.05, 0.1) is 31.1 Å². The molecule has 0 aromatic rings. The van der Waals surface area contributed by atoms with E-state index in [1.54, 1.807) is 19.1 Å². The van der Waals surface area contributed by atoms with Crippen LogP contribution in [0.4, 0.5) is 0 Å². The van der Waals surface area contributed by atoms with Crippen molar-refractivity contribution >= 4 is 16.0 Å². The Morgan fingerprint density at radius 1 is 1.14 bits per heavy atom. The summed E-state index contributed by atoms with van der Waals surface area (Å²) in [5, 5.41) is 12.4. The number of carbonyl (C=O) groups excluding carboxylic acids is 1. The molecule has 4 heterocycles. The lowest BCUT2D eigenvalue weighted by molar-refractivity contribution is -0.340. The van der Waals surface area contributed by atoms with E-state index >= 15 is 0 Å². The van der Waals surface area contributed by atoms with Gasteiger partial charge >= 0.3 is 5.97 Å². The van der Waals surface area contributed by atoms with E-state index in [1.165, 1.54) is 5.57 Å². The fourth-order valence-corrected chi connectivity index (χ4v) is 8.66. The molecule has 3 saturated heterocycles. The molecule has 3 fully saturated rings. The second-order valence-corrected chi connectivity index (χ2v) is 16.1. The number of nitrogens with one attached hydrogen (secondary N) is 1. The second kappa shape index (κ2) is 12.8. The van der Waals surface area contributed by atoms with Crippen molar-refractivity contribution in [3.8, 4) is 0 Å². The first kappa shape index (κ1) is 33.5. The highest BCUT2D eigenvalue weighted by molar-refractivity contribution is 7.88. The average Bonchev–Trinajstić information content (AvgIpc) is 3.26. The monoisotopic (exact) mass is 633 g/mol. The Morgan fingerprint density at radius 2 is 1.89 bits per heavy atom. The molecule has 0 saturated carbocycles. The van der Waals surface area contributed by atoms with Gasteiger partial charge < -0.3 is 24.1 Å². The van der Waals surface area contributed by atoms with E-state index in [-0.39, 0.29) is 24.7 Å². The fraction of sp³-hybridized carbons (Fsp3) is 0.735. The largest absolute Gasteiger partial charge is 0.462 e. The summed E-state index contributed by atoms with van der Waals surface area (Å²) in [6.45, 7) is 12.6. The van der Waals surface area contributed by atoms with Crippen molar-refractivity contribution in [2.75, 3.05) is 12.9 Å². The fourth-order valence-electron chi connectivity index (χ4n) is 7.89. The number of ether oxygens (including phenoxy) is 4. The summed E-state index contributed by atoms with van der Waals surface area (Å²) < 4.78 is 53.1. The molecule has 0 aromatic heterocycles. The summed E-state index contributed by atoms with van der Waals surface area (Å²) in [6.07, 6.45) is 13.3. The van der Waals surface area contributed by atoms with Crippen LogP contribution < -0.4 is 4.72 Å². The summed E-state index contributed by atoms with van der Waals surface area (Å²) in [5.74, 6) is -1.53. The first-order chi connectivity index (χ1) is 20.6. The zero-order chi connectivity index (χ0) is 32.0. The molecule has 1 spiro atoms. The summed E-state index contributed by atoms with van der Waals surface area (Å²) >= 11 is 0. The third-order valence-electron chi connectivity index (χ3n) is 10.0. The van der Waals surface area contributed by atoms with Crippen LogP contribution in [0.2, 0.25) is 0 Å². The molecular weight excluding hydrogens is 582 g/mol. The minimum absolute atomic E-state index is 0.0367. The van der Waals surface area contributed by atoms with Crippen LogP contribution in [0, 0.1) is 23.7 Å². The van der Waals surface area contributed by atoms with E-state index in [2.05, 4.69) is 51.5 Å². The normalized spacial score (nSPS) is 45.0. The lowest BCUT2D eigenvalue weighted by Gasteiger charge is -2.50. The molecule has 5 aliphatic rings. The number of rotatable bonds is 3. The third kappa shape index (κ3) is 6.95. The predicted octanol–water partition coefficient (Wildman–Crippen LogP) is 4.73. The van der Waals surface area contributed by atoms with Crippen LogP contribution in [0.3, 0.4) is 0 Å². The van der Waals surface area contributed by atoms with Crippen molar-refractivity contribution in [3.63, 3.8) is 0 Å². The van der Waals surface area contributed by atoms with Gasteiger partial charge in [0.1, 0.15) is 23.7 Å². The van der Waals surface area contributed by atoms with Crippen molar-refractivity contribution in [3.05, 3.63) is 47.1 Å². The smallest absolute Gasteiger partial charge is 0.316 e. The number of sulfonamides is 1. The predicted molar refractivity (Wildman–Crippen MR) is 168 cm³/mol. The van der Waals surface area contributed by atoms with Gasteiger partial charge in [-0.25, -0.2) is 13.1 Å². The summed E-state index contributed by atoms with van der Waals surface area (Å²) in [6, 6.07) is -0.826. The van der Waals surface area contributed by atoms with Crippen LogP contribution in [-0.2, 0) is 33.8 Å². The van der Waals surface area contributed by atoms with Crippen LogP contribution in [0.25, 0.3) is 0 Å². The quantitative estimate of drug-likeness (QED) is 0.338. The highest BCUT2D eigenvalue weighted by Crippen LogP contribution is 2.47. The number of hydrogen-bond donors (Lipinski definition) is 2. The molecule has 0 unspecified atom stereocenters. The third-order valence-corrected chi connectivity index (χ3v) is 10.7. The van der Waals surface area contributed by atoms with E-state index < -0.39 is 51.5 Å². The molecular formula is C34H51NO8S. The van der Waals surface area contributed by atoms with Crippen LogP contribution in [0.15, 0.2) is 47.1 Å². The Kier molecular flexibility index (Phi) is 9.73. The van der Waals surface area contributed by atoms with Crippen LogP contribution in [-0.4, -0.2) is 74.2 Å². The second-order valence-electron chi connectivity index (χ2n) is 14.3. The minimum Gasteiger partial charge on any atom is -0.462 e. The maximum absolute atomic E-state index is 14.1. The Labute approximate surface area is 263 Å². The number of hydrogen-bond acceptors (Lipinski definition) is 8. The molecule has 10 atom stereocenters. The van der Waals surface area contributed by atoms with Gasteiger partial charge in [-0.05, 0) is 56.4 Å². The van der Waals surface area contributed by atoms with Gasteiger partial charge in [0.15, 0.2) is 5.79 Å². The van der Waals surface area contributed by atoms with Gasteiger partial charge in [0.2, 0.25) is 10.0 Å². The molecule has 246 valence electrons. The lowest BCUT2D eigenvalue weighted by Crippen LogP contribution is -2.61. The van der Waals surface area contributed by atoms with Gasteiger partial charge in [0, 0.05) is 19.3 Å². The van der Waals surface area contributed by atoms with Crippen molar-refractivity contribution in [2.24, 2.45) is 23.7 Å². The molecule has 2 N–H and O–H groups in total. The molecule has 1 aliphatic carbocycles. The number of allylic oxidation sites excluding steroid dienone is 4. The number of aliphatic hydroxyl groups is 1. The van der Waals surface area contributed by atoms with Crippen LogP contribution in [0.5, 0.6) is 0 Å². The Balaban J connectivity index is 1.54. The molecule has 0 radical (unpaired) electrons. The number of fused-ring (bicyclic) bond motifs is 2. The highest BCUT2D eigenvalue weighted by Gasteiger charge is 2.60. The van der Waals surface area contributed by atoms with Gasteiger partial charge in [-0.3, -0.25) is 4.79 Å². The minimum atomic E-state index is -3.63. The molecule has 4 aliphatic heterocycles. The number of esters is 1. The van der Waals surface area contributed by atoms with Gasteiger partial charge in [-0.2, -0.15) is 0 Å². The maximum Gasteiger partial charge on any atom is 0.316 e. The molecule has 0 aromatic carbocycles. The standard InChI is InChI=1S/C34H51NO8S/c1-20(2)30-23(5)13-14-33(43-30)18-27-17-26(42-33)12-11-22(4)15-21(3)9-8-10-25-19-40-31-29(35-44(7,38)39)24(6)16-28(32(36)41-27)34(25,31)37/h8-11,16,20-21,23,26-31,35,37H,12-15,17-19H2,1-7H3/b9-8+,22-11+,25-10+/t21-,23-,26+,27-,28-,29+,30+,31+,33+,34+/m0/s1. The van der Waals surface area contributed by atoms with Crippen molar-refractivity contribution in [2.45, 2.75) is 122 Å². The van der Waals surface area contributed by atoms with E-state index in [0.717, 1.165) is 25.5 Å². The summed E-state index contributed by atoms with van der Waals surface area (Å²) in [7, 11) is -3.63. The zero-order valence-corrected chi connectivity index (χ0v) is 28.1. The summed E-state index contributed by atoms with van der Waals surface area (Å²) in [5.41, 5.74) is 0.573. The number of carbonyl (C=O) groups is 1. The molecule has 0 amide bonds. The van der Waals surface area contributed by atoms with E-state index in [1.807, 2.05) is 6.08 Å². The molecule has 2 bridgehead atoms. The van der Waals surface area contributed by atoms with E-state index in [0.29, 0.717) is 42.2 Å². The zero-order valence-electron chi connectivity index (χ0n) is 27.2. The van der Waals surface area contributed by atoms with Gasteiger partial charge in [0.25, 0.3) is 0 Å². The van der Waals surface area contributed by atoms with Crippen LogP contribution >= 0.6 is 0 Å². The van der Waals surface area contributed by atoms with Gasteiger partial charge in [-0.1, -0.05) is 69.2 Å². The Morgan fingerprint density at radius 3 is 2.59 bits per heavy atom. The summed E-state index contributed by atoms with van der Waals surface area (Å²) in [4.78, 5) is 14.1. The molecule has 10 heteroatoms. The Hall–Kier alpha value is -1.82. The molecule has 44 heavy (non-hydrogen) atoms. The Bertz CT molecular complexity index is 1330. The van der Waals surface area contributed by atoms with Crippen molar-refractivity contribution in [1.82, 2.24) is 4.72 Å². The van der Waals surface area contributed by atoms with Crippen molar-refractivity contribution < 1.29 is 37.3 Å². The first-order valence-electron chi connectivity index (χ1n) is 16.2. The lowest BCUT2D eigenvalue weighted by atomic mass is 9.70. The van der Waals surface area contributed by atoms with Crippen molar-refractivity contribution in [1.29, 1.82) is 0 Å².